The first-order valence-electron chi connectivity index (χ1n) is 10.3. The molecular weight excluding hydrogens is 391 g/mol. The molecule has 2 atom stereocenters. The van der Waals surface area contributed by atoms with E-state index in [1.165, 1.54) is 18.5 Å². The van der Waals surface area contributed by atoms with Gasteiger partial charge in [0.1, 0.15) is 24.6 Å². The first-order valence-corrected chi connectivity index (χ1v) is 10.3. The van der Waals surface area contributed by atoms with Crippen LogP contribution >= 0.6 is 0 Å². The van der Waals surface area contributed by atoms with Crippen molar-refractivity contribution in [2.75, 3.05) is 0 Å². The maximum Gasteiger partial charge on any atom is 0.137 e. The van der Waals surface area contributed by atoms with E-state index in [9.17, 15) is 4.39 Å². The number of hydrogen-bond acceptors (Lipinski definition) is 4. The van der Waals surface area contributed by atoms with E-state index in [2.05, 4.69) is 34.3 Å². The molecule has 156 valence electrons. The van der Waals surface area contributed by atoms with Crippen LogP contribution in [0.2, 0.25) is 0 Å². The molecule has 1 aliphatic heterocycles. The average Bonchev–Trinajstić information content (AvgIpc) is 3.45. The van der Waals surface area contributed by atoms with E-state index in [0.717, 1.165) is 16.7 Å². The summed E-state index contributed by atoms with van der Waals surface area (Å²) >= 11 is 0. The third-order valence-corrected chi connectivity index (χ3v) is 5.87. The van der Waals surface area contributed by atoms with Crippen molar-refractivity contribution >= 4 is 0 Å². The van der Waals surface area contributed by atoms with E-state index in [1.54, 1.807) is 6.33 Å². The molecule has 6 heteroatoms. The molecule has 1 fully saturated rings. The third kappa shape index (κ3) is 4.00. The predicted molar refractivity (Wildman–Crippen MR) is 115 cm³/mol. The number of halogens is 1. The van der Waals surface area contributed by atoms with Gasteiger partial charge in [-0.1, -0.05) is 72.8 Å². The van der Waals surface area contributed by atoms with Crippen molar-refractivity contribution in [1.82, 2.24) is 19.8 Å². The van der Waals surface area contributed by atoms with Crippen molar-refractivity contribution in [3.63, 3.8) is 0 Å². The summed E-state index contributed by atoms with van der Waals surface area (Å²) in [6, 6.07) is 27.2. The monoisotopic (exact) mass is 414 g/mol. The molecule has 1 aromatic heterocycles. The molecule has 0 aliphatic carbocycles. The third-order valence-electron chi connectivity index (χ3n) is 5.87. The summed E-state index contributed by atoms with van der Waals surface area (Å²) in [5.74, 6) is -0.257. The minimum atomic E-state index is -0.544. The van der Waals surface area contributed by atoms with Crippen molar-refractivity contribution in [2.45, 2.75) is 31.2 Å². The smallest absolute Gasteiger partial charge is 0.137 e. The molecule has 0 N–H and O–H groups in total. The lowest BCUT2D eigenvalue weighted by molar-refractivity contribution is -0.203. The zero-order valence-electron chi connectivity index (χ0n) is 17.0. The van der Waals surface area contributed by atoms with Crippen LogP contribution in [0.3, 0.4) is 0 Å². The highest BCUT2D eigenvalue weighted by molar-refractivity contribution is 5.29. The van der Waals surface area contributed by atoms with Crippen LogP contribution in [0, 0.1) is 5.82 Å². The zero-order chi connectivity index (χ0) is 21.1. The highest BCUT2D eigenvalue weighted by atomic mass is 19.1. The molecule has 0 saturated carbocycles. The summed E-state index contributed by atoms with van der Waals surface area (Å²) in [5.41, 5.74) is 2.70. The summed E-state index contributed by atoms with van der Waals surface area (Å²) < 4.78 is 15.6. The van der Waals surface area contributed by atoms with Gasteiger partial charge in [0.2, 0.25) is 0 Å². The molecule has 1 saturated heterocycles. The lowest BCUT2D eigenvalue weighted by Crippen LogP contribution is -2.43. The minimum Gasteiger partial charge on any atom is -0.290 e. The predicted octanol–water partition coefficient (Wildman–Crippen LogP) is 4.89. The number of hydroxylamine groups is 2. The molecule has 3 aromatic carbocycles. The van der Waals surface area contributed by atoms with E-state index in [1.807, 2.05) is 58.3 Å². The number of nitrogens with zero attached hydrogens (tertiary/aromatic N) is 4. The molecule has 31 heavy (non-hydrogen) atoms. The molecular formula is C25H23FN4O. The van der Waals surface area contributed by atoms with Crippen molar-refractivity contribution in [3.8, 4) is 0 Å². The SMILES string of the molecule is Fc1ccc(C2(Cn3cncn3)CC(c3ccccc3)ON2Cc2ccccc2)cc1. The second-order valence-corrected chi connectivity index (χ2v) is 7.86. The second-order valence-electron chi connectivity index (χ2n) is 7.86. The molecule has 1 aliphatic rings. The van der Waals surface area contributed by atoms with Crippen molar-refractivity contribution in [3.05, 3.63) is 120 Å². The highest BCUT2D eigenvalue weighted by Crippen LogP contribution is 2.48. The van der Waals surface area contributed by atoms with Crippen LogP contribution < -0.4 is 0 Å². The average molecular weight is 414 g/mol. The highest BCUT2D eigenvalue weighted by Gasteiger charge is 2.49. The Hall–Kier alpha value is -3.35. The van der Waals surface area contributed by atoms with Crippen molar-refractivity contribution in [2.24, 2.45) is 0 Å². The first kappa shape index (κ1) is 19.6. The minimum absolute atomic E-state index is 0.126. The number of hydrogen-bond donors (Lipinski definition) is 0. The van der Waals surface area contributed by atoms with E-state index < -0.39 is 5.54 Å². The van der Waals surface area contributed by atoms with Gasteiger partial charge < -0.3 is 0 Å². The van der Waals surface area contributed by atoms with Gasteiger partial charge in [-0.3, -0.25) is 9.52 Å². The van der Waals surface area contributed by atoms with Gasteiger partial charge in [0.15, 0.2) is 0 Å². The molecule has 0 bridgehead atoms. The lowest BCUT2D eigenvalue weighted by Gasteiger charge is -2.36. The summed E-state index contributed by atoms with van der Waals surface area (Å²) in [6.45, 7) is 1.13. The molecule has 2 unspecified atom stereocenters. The Labute approximate surface area is 180 Å². The Bertz CT molecular complexity index is 1100. The van der Waals surface area contributed by atoms with Gasteiger partial charge in [-0.2, -0.15) is 10.2 Å². The topological polar surface area (TPSA) is 43.2 Å². The fraction of sp³-hybridized carbons (Fsp3) is 0.200. The van der Waals surface area contributed by atoms with Gasteiger partial charge in [-0.15, -0.1) is 0 Å². The number of rotatable bonds is 6. The summed E-state index contributed by atoms with van der Waals surface area (Å²) in [7, 11) is 0. The Morgan fingerprint density at radius 1 is 0.935 bits per heavy atom. The van der Waals surface area contributed by atoms with Crippen LogP contribution in [0.15, 0.2) is 97.6 Å². The van der Waals surface area contributed by atoms with Crippen LogP contribution in [0.4, 0.5) is 4.39 Å². The second kappa shape index (κ2) is 8.41. The zero-order valence-corrected chi connectivity index (χ0v) is 17.0. The quantitative estimate of drug-likeness (QED) is 0.451. The van der Waals surface area contributed by atoms with Gasteiger partial charge in [0, 0.05) is 6.42 Å². The van der Waals surface area contributed by atoms with Gasteiger partial charge in [0.25, 0.3) is 0 Å². The largest absolute Gasteiger partial charge is 0.290 e. The van der Waals surface area contributed by atoms with Crippen LogP contribution in [-0.2, 0) is 23.5 Å². The van der Waals surface area contributed by atoms with E-state index in [4.69, 9.17) is 4.84 Å². The molecule has 5 rings (SSSR count). The Morgan fingerprint density at radius 2 is 1.65 bits per heavy atom. The van der Waals surface area contributed by atoms with E-state index >= 15 is 0 Å². The first-order chi connectivity index (χ1) is 15.2. The summed E-state index contributed by atoms with van der Waals surface area (Å²) in [4.78, 5) is 10.7. The molecule has 0 amide bonds. The molecule has 0 radical (unpaired) electrons. The summed E-state index contributed by atoms with van der Waals surface area (Å²) in [5, 5.41) is 6.39. The van der Waals surface area contributed by atoms with Crippen LogP contribution in [-0.4, -0.2) is 19.8 Å². The molecule has 5 nitrogen and oxygen atoms in total. The molecule has 4 aromatic rings. The molecule has 0 spiro atoms. The Kier molecular flexibility index (Phi) is 5.32. The van der Waals surface area contributed by atoms with Crippen LogP contribution in [0.5, 0.6) is 0 Å². The number of benzene rings is 3. The fourth-order valence-electron chi connectivity index (χ4n) is 4.32. The summed E-state index contributed by atoms with van der Waals surface area (Å²) in [6.07, 6.45) is 3.82. The maximum absolute atomic E-state index is 13.8. The Morgan fingerprint density at radius 3 is 2.32 bits per heavy atom. The van der Waals surface area contributed by atoms with Gasteiger partial charge >= 0.3 is 0 Å². The fourth-order valence-corrected chi connectivity index (χ4v) is 4.32. The van der Waals surface area contributed by atoms with Gasteiger partial charge in [-0.05, 0) is 28.8 Å². The van der Waals surface area contributed by atoms with Crippen LogP contribution in [0.1, 0.15) is 29.2 Å². The van der Waals surface area contributed by atoms with E-state index in [-0.39, 0.29) is 11.9 Å². The standard InChI is InChI=1S/C25H23FN4O/c26-23-13-11-22(12-14-23)25(17-29-19-27-18-28-29)15-24(21-9-5-2-6-10-21)31-30(25)16-20-7-3-1-4-8-20/h1-14,18-19,24H,15-17H2. The number of aromatic nitrogens is 3. The van der Waals surface area contributed by atoms with Crippen molar-refractivity contribution < 1.29 is 9.23 Å². The molecule has 2 heterocycles. The van der Waals surface area contributed by atoms with Crippen molar-refractivity contribution in [1.29, 1.82) is 0 Å². The van der Waals surface area contributed by atoms with Gasteiger partial charge in [-0.25, -0.2) is 9.37 Å². The van der Waals surface area contributed by atoms with Gasteiger partial charge in [0.05, 0.1) is 18.6 Å². The van der Waals surface area contributed by atoms with Crippen LogP contribution in [0.25, 0.3) is 0 Å². The maximum atomic E-state index is 13.8. The lowest BCUT2D eigenvalue weighted by atomic mass is 9.83. The Balaban J connectivity index is 1.60. The van der Waals surface area contributed by atoms with E-state index in [0.29, 0.717) is 19.5 Å². The normalized spacial score (nSPS) is 21.4.